The van der Waals surface area contributed by atoms with Crippen molar-refractivity contribution in [3.05, 3.63) is 59.4 Å². The highest BCUT2D eigenvalue weighted by molar-refractivity contribution is 5.30. The zero-order chi connectivity index (χ0) is 13.7. The zero-order valence-corrected chi connectivity index (χ0v) is 11.5. The third-order valence-electron chi connectivity index (χ3n) is 3.15. The lowest BCUT2D eigenvalue weighted by Crippen LogP contribution is -2.14. The van der Waals surface area contributed by atoms with Crippen LogP contribution in [0.25, 0.3) is 0 Å². The summed E-state index contributed by atoms with van der Waals surface area (Å²) in [5.41, 5.74) is 9.59. The molecule has 0 bridgehead atoms. The van der Waals surface area contributed by atoms with Gasteiger partial charge in [-0.2, -0.15) is 0 Å². The minimum Gasteiger partial charge on any atom is -0.494 e. The molecule has 2 aromatic rings. The molecule has 1 atom stereocenters. The first-order valence-corrected chi connectivity index (χ1v) is 6.59. The van der Waals surface area contributed by atoms with Gasteiger partial charge in [0.15, 0.2) is 0 Å². The summed E-state index contributed by atoms with van der Waals surface area (Å²) in [6.45, 7) is 4.72. The quantitative estimate of drug-likeness (QED) is 0.894. The molecule has 0 amide bonds. The smallest absolute Gasteiger partial charge is 0.119 e. The van der Waals surface area contributed by atoms with Crippen LogP contribution in [-0.4, -0.2) is 11.6 Å². The fourth-order valence-electron chi connectivity index (χ4n) is 2.04. The van der Waals surface area contributed by atoms with Crippen LogP contribution in [-0.2, 0) is 6.42 Å². The fourth-order valence-corrected chi connectivity index (χ4v) is 2.04. The lowest BCUT2D eigenvalue weighted by Gasteiger charge is -2.13. The monoisotopic (exact) mass is 256 g/mol. The molecule has 2 rings (SSSR count). The van der Waals surface area contributed by atoms with Gasteiger partial charge in [-0.15, -0.1) is 0 Å². The Kier molecular flexibility index (Phi) is 4.53. The Morgan fingerprint density at radius 1 is 1.21 bits per heavy atom. The van der Waals surface area contributed by atoms with E-state index in [9.17, 15) is 0 Å². The van der Waals surface area contributed by atoms with E-state index >= 15 is 0 Å². The van der Waals surface area contributed by atoms with E-state index in [1.54, 1.807) is 0 Å². The van der Waals surface area contributed by atoms with Crippen LogP contribution in [0.2, 0.25) is 0 Å². The standard InChI is InChI=1S/C16H20N2O/c1-3-19-14-8-6-13(7-9-14)15(17)11-16-12(2)5-4-10-18-16/h4-10,15H,3,11,17H2,1-2H3. The van der Waals surface area contributed by atoms with Crippen LogP contribution in [0, 0.1) is 6.92 Å². The van der Waals surface area contributed by atoms with Crippen molar-refractivity contribution in [2.45, 2.75) is 26.3 Å². The first-order chi connectivity index (χ1) is 9.20. The first kappa shape index (κ1) is 13.6. The van der Waals surface area contributed by atoms with E-state index < -0.39 is 0 Å². The number of nitrogens with two attached hydrogens (primary N) is 1. The molecule has 19 heavy (non-hydrogen) atoms. The minimum atomic E-state index is -0.0377. The van der Waals surface area contributed by atoms with Gasteiger partial charge < -0.3 is 10.5 Å². The van der Waals surface area contributed by atoms with Gasteiger partial charge in [-0.25, -0.2) is 0 Å². The van der Waals surface area contributed by atoms with Gasteiger partial charge >= 0.3 is 0 Å². The normalized spacial score (nSPS) is 12.2. The summed E-state index contributed by atoms with van der Waals surface area (Å²) in [5.74, 6) is 0.882. The SMILES string of the molecule is CCOc1ccc(C(N)Cc2ncccc2C)cc1. The van der Waals surface area contributed by atoms with Gasteiger partial charge in [-0.3, -0.25) is 4.98 Å². The van der Waals surface area contributed by atoms with Gasteiger partial charge in [-0.1, -0.05) is 18.2 Å². The van der Waals surface area contributed by atoms with Crippen molar-refractivity contribution in [3.8, 4) is 5.75 Å². The van der Waals surface area contributed by atoms with Crippen molar-refractivity contribution in [1.82, 2.24) is 4.98 Å². The van der Waals surface area contributed by atoms with Crippen LogP contribution >= 0.6 is 0 Å². The summed E-state index contributed by atoms with van der Waals surface area (Å²) < 4.78 is 5.42. The summed E-state index contributed by atoms with van der Waals surface area (Å²) >= 11 is 0. The summed E-state index contributed by atoms with van der Waals surface area (Å²) in [4.78, 5) is 4.39. The van der Waals surface area contributed by atoms with Crippen LogP contribution < -0.4 is 10.5 Å². The van der Waals surface area contributed by atoms with E-state index in [1.165, 1.54) is 5.56 Å². The number of hydrogen-bond donors (Lipinski definition) is 1. The number of rotatable bonds is 5. The Bertz CT molecular complexity index is 523. The molecule has 0 aliphatic heterocycles. The van der Waals surface area contributed by atoms with Crippen molar-refractivity contribution in [1.29, 1.82) is 0 Å². The molecule has 0 fully saturated rings. The van der Waals surface area contributed by atoms with Crippen LogP contribution in [0.4, 0.5) is 0 Å². The topological polar surface area (TPSA) is 48.1 Å². The van der Waals surface area contributed by atoms with E-state index in [2.05, 4.69) is 18.0 Å². The van der Waals surface area contributed by atoms with E-state index in [-0.39, 0.29) is 6.04 Å². The van der Waals surface area contributed by atoms with Crippen LogP contribution in [0.1, 0.15) is 29.8 Å². The lowest BCUT2D eigenvalue weighted by molar-refractivity contribution is 0.340. The van der Waals surface area contributed by atoms with Crippen molar-refractivity contribution in [2.24, 2.45) is 5.73 Å². The molecule has 0 saturated carbocycles. The number of aromatic nitrogens is 1. The number of aryl methyl sites for hydroxylation is 1. The van der Waals surface area contributed by atoms with Crippen LogP contribution in [0.3, 0.4) is 0 Å². The minimum absolute atomic E-state index is 0.0377. The average molecular weight is 256 g/mol. The van der Waals surface area contributed by atoms with Gasteiger partial charge in [0.1, 0.15) is 5.75 Å². The Morgan fingerprint density at radius 3 is 2.58 bits per heavy atom. The molecule has 0 spiro atoms. The second kappa shape index (κ2) is 6.34. The van der Waals surface area contributed by atoms with Crippen LogP contribution in [0.5, 0.6) is 5.75 Å². The van der Waals surface area contributed by atoms with Gasteiger partial charge in [0.2, 0.25) is 0 Å². The van der Waals surface area contributed by atoms with Gasteiger partial charge in [0.05, 0.1) is 6.61 Å². The van der Waals surface area contributed by atoms with E-state index in [0.29, 0.717) is 6.61 Å². The molecule has 3 nitrogen and oxygen atoms in total. The number of pyridine rings is 1. The lowest BCUT2D eigenvalue weighted by atomic mass is 10.0. The first-order valence-electron chi connectivity index (χ1n) is 6.59. The summed E-state index contributed by atoms with van der Waals surface area (Å²) in [6, 6.07) is 11.9. The second-order valence-corrected chi connectivity index (χ2v) is 4.58. The van der Waals surface area contributed by atoms with E-state index in [0.717, 1.165) is 23.4 Å². The Balaban J connectivity index is 2.07. The molecule has 0 radical (unpaired) electrons. The summed E-state index contributed by atoms with van der Waals surface area (Å²) in [6.07, 6.45) is 2.56. The third-order valence-corrected chi connectivity index (χ3v) is 3.15. The molecule has 0 aliphatic rings. The number of nitrogens with zero attached hydrogens (tertiary/aromatic N) is 1. The molecule has 1 heterocycles. The van der Waals surface area contributed by atoms with Crippen molar-refractivity contribution in [2.75, 3.05) is 6.61 Å². The van der Waals surface area contributed by atoms with Crippen molar-refractivity contribution < 1.29 is 4.74 Å². The highest BCUT2D eigenvalue weighted by atomic mass is 16.5. The fraction of sp³-hybridized carbons (Fsp3) is 0.312. The number of ether oxygens (including phenoxy) is 1. The van der Waals surface area contributed by atoms with E-state index in [1.807, 2.05) is 43.5 Å². The number of hydrogen-bond acceptors (Lipinski definition) is 3. The maximum atomic E-state index is 6.24. The molecular formula is C16H20N2O. The molecule has 0 saturated heterocycles. The molecule has 0 aliphatic carbocycles. The summed E-state index contributed by atoms with van der Waals surface area (Å²) in [7, 11) is 0. The summed E-state index contributed by atoms with van der Waals surface area (Å²) in [5, 5.41) is 0. The molecule has 1 aromatic heterocycles. The average Bonchev–Trinajstić information content (AvgIpc) is 2.42. The molecule has 1 aromatic carbocycles. The van der Waals surface area contributed by atoms with Crippen molar-refractivity contribution >= 4 is 0 Å². The maximum absolute atomic E-state index is 6.24. The van der Waals surface area contributed by atoms with Crippen molar-refractivity contribution in [3.63, 3.8) is 0 Å². The Hall–Kier alpha value is -1.87. The largest absolute Gasteiger partial charge is 0.494 e. The predicted molar refractivity (Wildman–Crippen MR) is 77.2 cm³/mol. The maximum Gasteiger partial charge on any atom is 0.119 e. The third kappa shape index (κ3) is 3.55. The molecular weight excluding hydrogens is 236 g/mol. The predicted octanol–water partition coefficient (Wildman–Crippen LogP) is 3.03. The highest BCUT2D eigenvalue weighted by Crippen LogP contribution is 2.20. The Labute approximate surface area is 114 Å². The highest BCUT2D eigenvalue weighted by Gasteiger charge is 2.09. The van der Waals surface area contributed by atoms with Gasteiger partial charge in [0, 0.05) is 24.4 Å². The zero-order valence-electron chi connectivity index (χ0n) is 11.5. The molecule has 3 heteroatoms. The van der Waals surface area contributed by atoms with E-state index in [4.69, 9.17) is 10.5 Å². The second-order valence-electron chi connectivity index (χ2n) is 4.58. The van der Waals surface area contributed by atoms with Crippen LogP contribution in [0.15, 0.2) is 42.6 Å². The Morgan fingerprint density at radius 2 is 1.95 bits per heavy atom. The number of benzene rings is 1. The van der Waals surface area contributed by atoms with Gasteiger partial charge in [-0.05, 0) is 43.2 Å². The molecule has 100 valence electrons. The molecule has 2 N–H and O–H groups in total. The van der Waals surface area contributed by atoms with Gasteiger partial charge in [0.25, 0.3) is 0 Å². The molecule has 1 unspecified atom stereocenters.